The van der Waals surface area contributed by atoms with Crippen molar-refractivity contribution in [2.24, 2.45) is 0 Å². The predicted octanol–water partition coefficient (Wildman–Crippen LogP) is 3.88. The van der Waals surface area contributed by atoms with Crippen LogP contribution in [-0.4, -0.2) is 43.2 Å². The number of anilines is 2. The summed E-state index contributed by atoms with van der Waals surface area (Å²) in [6.45, 7) is 9.41. The zero-order valence-electron chi connectivity index (χ0n) is 16.8. The minimum absolute atomic E-state index is 0.140. The molecular weight excluding hydrogens is 390 g/mol. The van der Waals surface area contributed by atoms with Gasteiger partial charge in [-0.15, -0.1) is 0 Å². The highest BCUT2D eigenvalue weighted by Crippen LogP contribution is 2.29. The second-order valence-electron chi connectivity index (χ2n) is 7.89. The molecule has 0 amide bonds. The van der Waals surface area contributed by atoms with E-state index in [1.165, 1.54) is 31.0 Å². The third-order valence-electron chi connectivity index (χ3n) is 4.24. The van der Waals surface area contributed by atoms with Crippen LogP contribution in [0.25, 0.3) is 0 Å². The van der Waals surface area contributed by atoms with E-state index in [-0.39, 0.29) is 5.54 Å². The first-order valence-electron chi connectivity index (χ1n) is 9.50. The van der Waals surface area contributed by atoms with Gasteiger partial charge in [0.25, 0.3) is 0 Å². The first-order chi connectivity index (χ1) is 13.3. The van der Waals surface area contributed by atoms with E-state index in [4.69, 9.17) is 17.2 Å². The maximum atomic E-state index is 5.43. The monoisotopic (exact) mass is 417 g/mol. The molecule has 0 aliphatic carbocycles. The smallest absolute Gasteiger partial charge is 0.232 e. The molecule has 2 aromatic heterocycles. The molecule has 1 fully saturated rings. The summed E-state index contributed by atoms with van der Waals surface area (Å²) in [4.78, 5) is 20.3. The second kappa shape index (κ2) is 9.00. The number of nitrogens with zero attached hydrogens (tertiary/aromatic N) is 5. The lowest BCUT2D eigenvalue weighted by Gasteiger charge is -2.34. The van der Waals surface area contributed by atoms with Gasteiger partial charge in [0.05, 0.1) is 0 Å². The first-order valence-corrected chi connectivity index (χ1v) is 10.7. The molecule has 150 valence electrons. The van der Waals surface area contributed by atoms with Gasteiger partial charge in [-0.25, -0.2) is 15.0 Å². The van der Waals surface area contributed by atoms with Gasteiger partial charge in [0.2, 0.25) is 5.95 Å². The van der Waals surface area contributed by atoms with Gasteiger partial charge in [0.15, 0.2) is 10.3 Å². The molecule has 1 aliphatic rings. The van der Waals surface area contributed by atoms with Crippen LogP contribution < -0.4 is 15.5 Å². The molecule has 28 heavy (non-hydrogen) atoms. The van der Waals surface area contributed by atoms with Crippen LogP contribution in [0.3, 0.4) is 0 Å². The number of nitrogens with one attached hydrogen (secondary N) is 2. The van der Waals surface area contributed by atoms with Crippen molar-refractivity contribution in [3.8, 4) is 0 Å². The molecule has 0 aromatic carbocycles. The van der Waals surface area contributed by atoms with Crippen LogP contribution in [0, 0.1) is 0 Å². The summed E-state index contributed by atoms with van der Waals surface area (Å²) in [6.07, 6.45) is 7.05. The molecule has 0 bridgehead atoms. The number of piperidine rings is 1. The molecule has 9 heteroatoms. The maximum Gasteiger partial charge on any atom is 0.232 e. The lowest BCUT2D eigenvalue weighted by molar-refractivity contribution is 0.480. The molecular formula is C19H27N7S2. The summed E-state index contributed by atoms with van der Waals surface area (Å²) in [5, 5.41) is 8.32. The number of hydrogen-bond donors (Lipinski definition) is 2. The molecule has 2 aromatic rings. The molecule has 0 unspecified atom stereocenters. The van der Waals surface area contributed by atoms with E-state index < -0.39 is 0 Å². The van der Waals surface area contributed by atoms with Gasteiger partial charge >= 0.3 is 0 Å². The lowest BCUT2D eigenvalue weighted by atomic mass is 10.0. The van der Waals surface area contributed by atoms with E-state index in [1.54, 1.807) is 18.5 Å². The number of rotatable bonds is 4. The summed E-state index contributed by atoms with van der Waals surface area (Å²) in [5.74, 6) is 1.39. The molecule has 1 atom stereocenters. The van der Waals surface area contributed by atoms with Crippen molar-refractivity contribution in [1.82, 2.24) is 25.3 Å². The minimum Gasteiger partial charge on any atom is -0.358 e. The Balaban J connectivity index is 1.88. The Bertz CT molecular complexity index is 808. The van der Waals surface area contributed by atoms with Crippen LogP contribution in [0.2, 0.25) is 0 Å². The van der Waals surface area contributed by atoms with Crippen molar-refractivity contribution < 1.29 is 0 Å². The highest BCUT2D eigenvalue weighted by molar-refractivity contribution is 7.99. The Morgan fingerprint density at radius 1 is 1.21 bits per heavy atom. The fourth-order valence-electron chi connectivity index (χ4n) is 3.01. The van der Waals surface area contributed by atoms with Crippen LogP contribution in [-0.2, 0) is 0 Å². The standard InChI is InChI=1S/C19H27N7S2/c1-13-8-5-6-11-26(13)14-12-15(28-18-20-9-7-10-21-18)23-16(22-14)24-17(27)25-19(2,3)4/h7,9-10,12-13H,5-6,8,11H2,1-4H3,(H2,22,23,24,25,27)/t13-/m1/s1. The Hall–Kier alpha value is -2.00. The SMILES string of the molecule is C[C@@H]1CCCCN1c1cc(Sc2ncccn2)nc(NC(=S)NC(C)(C)C)n1. The van der Waals surface area contributed by atoms with Gasteiger partial charge < -0.3 is 15.5 Å². The molecule has 0 radical (unpaired) electrons. The molecule has 1 saturated heterocycles. The van der Waals surface area contributed by atoms with Crippen LogP contribution in [0.15, 0.2) is 34.7 Å². The largest absolute Gasteiger partial charge is 0.358 e. The van der Waals surface area contributed by atoms with Crippen molar-refractivity contribution in [3.63, 3.8) is 0 Å². The van der Waals surface area contributed by atoms with Crippen LogP contribution >= 0.6 is 24.0 Å². The molecule has 0 saturated carbocycles. The van der Waals surface area contributed by atoms with Crippen LogP contribution in [0.1, 0.15) is 47.0 Å². The van der Waals surface area contributed by atoms with Gasteiger partial charge in [0, 0.05) is 36.6 Å². The summed E-state index contributed by atoms with van der Waals surface area (Å²) in [7, 11) is 0. The molecule has 0 spiro atoms. The lowest BCUT2D eigenvalue weighted by Crippen LogP contribution is -2.43. The summed E-state index contributed by atoms with van der Waals surface area (Å²) in [5.41, 5.74) is -0.140. The minimum atomic E-state index is -0.140. The molecule has 2 N–H and O–H groups in total. The third-order valence-corrected chi connectivity index (χ3v) is 5.25. The van der Waals surface area contributed by atoms with Crippen molar-refractivity contribution in [3.05, 3.63) is 24.5 Å². The van der Waals surface area contributed by atoms with Gasteiger partial charge in [0.1, 0.15) is 10.8 Å². The van der Waals surface area contributed by atoms with E-state index in [9.17, 15) is 0 Å². The normalized spacial score (nSPS) is 17.3. The Labute approximate surface area is 176 Å². The Morgan fingerprint density at radius 3 is 2.64 bits per heavy atom. The average Bonchev–Trinajstić information content (AvgIpc) is 2.61. The fourth-order valence-corrected chi connectivity index (χ4v) is 4.12. The Morgan fingerprint density at radius 2 is 1.96 bits per heavy atom. The van der Waals surface area contributed by atoms with E-state index in [0.29, 0.717) is 22.3 Å². The predicted molar refractivity (Wildman–Crippen MR) is 118 cm³/mol. The van der Waals surface area contributed by atoms with Crippen LogP contribution in [0.5, 0.6) is 0 Å². The highest BCUT2D eigenvalue weighted by atomic mass is 32.2. The zero-order chi connectivity index (χ0) is 20.1. The van der Waals surface area contributed by atoms with Crippen LogP contribution in [0.4, 0.5) is 11.8 Å². The molecule has 3 heterocycles. The van der Waals surface area contributed by atoms with Crippen molar-refractivity contribution in [2.45, 2.75) is 68.7 Å². The highest BCUT2D eigenvalue weighted by Gasteiger charge is 2.22. The maximum absolute atomic E-state index is 5.43. The van der Waals surface area contributed by atoms with Gasteiger partial charge in [-0.3, -0.25) is 0 Å². The van der Waals surface area contributed by atoms with Crippen molar-refractivity contribution in [1.29, 1.82) is 0 Å². The van der Waals surface area contributed by atoms with E-state index >= 15 is 0 Å². The zero-order valence-corrected chi connectivity index (χ0v) is 18.4. The van der Waals surface area contributed by atoms with E-state index in [2.05, 4.69) is 58.2 Å². The van der Waals surface area contributed by atoms with Crippen molar-refractivity contribution >= 4 is 40.9 Å². The molecule has 3 rings (SSSR count). The van der Waals surface area contributed by atoms with E-state index in [1.807, 2.05) is 6.07 Å². The molecule has 1 aliphatic heterocycles. The number of aromatic nitrogens is 4. The summed E-state index contributed by atoms with van der Waals surface area (Å²) >= 11 is 6.85. The quantitative estimate of drug-likeness (QED) is 0.437. The average molecular weight is 418 g/mol. The molecule has 7 nitrogen and oxygen atoms in total. The van der Waals surface area contributed by atoms with Crippen molar-refractivity contribution in [2.75, 3.05) is 16.8 Å². The number of thiocarbonyl (C=S) groups is 1. The van der Waals surface area contributed by atoms with Gasteiger partial charge in [-0.05, 0) is 77.0 Å². The topological polar surface area (TPSA) is 78.9 Å². The second-order valence-corrected chi connectivity index (χ2v) is 9.28. The first kappa shape index (κ1) is 20.7. The Kier molecular flexibility index (Phi) is 6.66. The summed E-state index contributed by atoms with van der Waals surface area (Å²) in [6, 6.07) is 4.25. The number of hydrogen-bond acceptors (Lipinski definition) is 7. The van der Waals surface area contributed by atoms with Gasteiger partial charge in [-0.2, -0.15) is 4.98 Å². The third kappa shape index (κ3) is 6.00. The van der Waals surface area contributed by atoms with E-state index in [0.717, 1.165) is 17.4 Å². The summed E-state index contributed by atoms with van der Waals surface area (Å²) < 4.78 is 0. The van der Waals surface area contributed by atoms with Gasteiger partial charge in [-0.1, -0.05) is 0 Å². The fraction of sp³-hybridized carbons (Fsp3) is 0.526.